The fourth-order valence-corrected chi connectivity index (χ4v) is 2.49. The molecule has 0 atom stereocenters. The number of rotatable bonds is 7. The van der Waals surface area contributed by atoms with Crippen LogP contribution in [0.25, 0.3) is 0 Å². The molecule has 2 heterocycles. The maximum atomic E-state index is 5.39. The normalized spacial score (nSPS) is 16.9. The van der Waals surface area contributed by atoms with Crippen LogP contribution in [-0.2, 0) is 11.3 Å². The molecule has 1 aromatic rings. The Kier molecular flexibility index (Phi) is 6.20. The summed E-state index contributed by atoms with van der Waals surface area (Å²) in [6.07, 6.45) is 2.50. The van der Waals surface area contributed by atoms with Crippen molar-refractivity contribution in [2.45, 2.75) is 26.4 Å². The third kappa shape index (κ3) is 5.13. The van der Waals surface area contributed by atoms with Gasteiger partial charge in [0.25, 0.3) is 0 Å². The molecular formula is C15H27N5O. The van der Waals surface area contributed by atoms with Crippen molar-refractivity contribution >= 4 is 11.6 Å². The summed E-state index contributed by atoms with van der Waals surface area (Å²) in [5.41, 5.74) is 0. The molecule has 2 N–H and O–H groups in total. The van der Waals surface area contributed by atoms with Gasteiger partial charge >= 0.3 is 0 Å². The standard InChI is InChI=1S/C15H27N5O/c1-4-21-11-15-18-13(16-2)9-14(19-15)17-10-12-5-7-20(3)8-6-12/h9,12H,4-8,10-11H2,1-3H3,(H2,16,17,18,19). The van der Waals surface area contributed by atoms with Crippen molar-refractivity contribution in [3.05, 3.63) is 11.9 Å². The number of nitrogens with zero attached hydrogens (tertiary/aromatic N) is 3. The molecule has 0 spiro atoms. The van der Waals surface area contributed by atoms with Crippen molar-refractivity contribution in [2.24, 2.45) is 5.92 Å². The van der Waals surface area contributed by atoms with Crippen molar-refractivity contribution in [1.82, 2.24) is 14.9 Å². The first-order valence-electron chi connectivity index (χ1n) is 7.77. The van der Waals surface area contributed by atoms with Crippen LogP contribution in [0.5, 0.6) is 0 Å². The quantitative estimate of drug-likeness (QED) is 0.799. The lowest BCUT2D eigenvalue weighted by Crippen LogP contribution is -2.33. The minimum absolute atomic E-state index is 0.453. The molecule has 1 aliphatic heterocycles. The number of likely N-dealkylation sites (tertiary alicyclic amines) is 1. The van der Waals surface area contributed by atoms with Crippen LogP contribution in [-0.4, -0.2) is 55.2 Å². The smallest absolute Gasteiger partial charge is 0.158 e. The number of nitrogens with one attached hydrogen (secondary N) is 2. The number of ether oxygens (including phenoxy) is 1. The molecule has 1 aromatic heterocycles. The predicted octanol–water partition coefficient (Wildman–Crippen LogP) is 1.81. The molecule has 0 radical (unpaired) electrons. The van der Waals surface area contributed by atoms with E-state index in [2.05, 4.69) is 32.5 Å². The molecule has 0 unspecified atom stereocenters. The Balaban J connectivity index is 1.91. The molecule has 0 aromatic carbocycles. The minimum Gasteiger partial charge on any atom is -0.374 e. The summed E-state index contributed by atoms with van der Waals surface area (Å²) in [5.74, 6) is 3.15. The molecule has 6 heteroatoms. The van der Waals surface area contributed by atoms with Gasteiger partial charge in [0.15, 0.2) is 5.82 Å². The first kappa shape index (κ1) is 16.0. The number of anilines is 2. The van der Waals surface area contributed by atoms with Crippen LogP contribution in [0, 0.1) is 5.92 Å². The van der Waals surface area contributed by atoms with Gasteiger partial charge in [0, 0.05) is 26.3 Å². The second-order valence-corrected chi connectivity index (χ2v) is 5.57. The van der Waals surface area contributed by atoms with Crippen LogP contribution in [0.2, 0.25) is 0 Å². The highest BCUT2D eigenvalue weighted by Crippen LogP contribution is 2.18. The molecule has 21 heavy (non-hydrogen) atoms. The van der Waals surface area contributed by atoms with Crippen LogP contribution in [0.4, 0.5) is 11.6 Å². The zero-order chi connectivity index (χ0) is 15.1. The molecule has 1 fully saturated rings. The fourth-order valence-electron chi connectivity index (χ4n) is 2.49. The van der Waals surface area contributed by atoms with Crippen LogP contribution in [0.1, 0.15) is 25.6 Å². The van der Waals surface area contributed by atoms with Crippen LogP contribution in [0.3, 0.4) is 0 Å². The number of hydrogen-bond acceptors (Lipinski definition) is 6. The van der Waals surface area contributed by atoms with Gasteiger partial charge in [-0.25, -0.2) is 9.97 Å². The Labute approximate surface area is 127 Å². The highest BCUT2D eigenvalue weighted by Gasteiger charge is 2.16. The van der Waals surface area contributed by atoms with Crippen molar-refractivity contribution in [3.63, 3.8) is 0 Å². The van der Waals surface area contributed by atoms with Crippen LogP contribution >= 0.6 is 0 Å². The lowest BCUT2D eigenvalue weighted by molar-refractivity contribution is 0.128. The second-order valence-electron chi connectivity index (χ2n) is 5.57. The zero-order valence-electron chi connectivity index (χ0n) is 13.4. The van der Waals surface area contributed by atoms with Gasteiger partial charge in [-0.15, -0.1) is 0 Å². The lowest BCUT2D eigenvalue weighted by atomic mass is 9.97. The SMILES string of the molecule is CCOCc1nc(NC)cc(NCC2CCN(C)CC2)n1. The Morgan fingerprint density at radius 3 is 2.67 bits per heavy atom. The van der Waals surface area contributed by atoms with E-state index in [0.717, 1.165) is 29.9 Å². The predicted molar refractivity (Wildman–Crippen MR) is 85.6 cm³/mol. The Bertz CT molecular complexity index is 432. The van der Waals surface area contributed by atoms with E-state index < -0.39 is 0 Å². The third-order valence-corrected chi connectivity index (χ3v) is 3.87. The van der Waals surface area contributed by atoms with Gasteiger partial charge in [-0.05, 0) is 45.8 Å². The fraction of sp³-hybridized carbons (Fsp3) is 0.733. The van der Waals surface area contributed by atoms with Gasteiger partial charge in [-0.2, -0.15) is 0 Å². The minimum atomic E-state index is 0.453. The number of aromatic nitrogens is 2. The van der Waals surface area contributed by atoms with Gasteiger partial charge in [-0.3, -0.25) is 0 Å². The van der Waals surface area contributed by atoms with E-state index in [4.69, 9.17) is 4.74 Å². The van der Waals surface area contributed by atoms with Crippen molar-refractivity contribution < 1.29 is 4.74 Å². The van der Waals surface area contributed by atoms with Crippen molar-refractivity contribution in [1.29, 1.82) is 0 Å². The Hall–Kier alpha value is -1.40. The summed E-state index contributed by atoms with van der Waals surface area (Å²) in [5, 5.41) is 6.53. The highest BCUT2D eigenvalue weighted by molar-refractivity contribution is 5.47. The maximum Gasteiger partial charge on any atom is 0.158 e. The molecule has 0 bridgehead atoms. The molecule has 6 nitrogen and oxygen atoms in total. The van der Waals surface area contributed by atoms with E-state index in [1.54, 1.807) is 0 Å². The highest BCUT2D eigenvalue weighted by atomic mass is 16.5. The van der Waals surface area contributed by atoms with Gasteiger partial charge in [0.2, 0.25) is 0 Å². The molecule has 0 amide bonds. The van der Waals surface area contributed by atoms with Crippen molar-refractivity contribution in [3.8, 4) is 0 Å². The molecular weight excluding hydrogens is 266 g/mol. The largest absolute Gasteiger partial charge is 0.374 e. The second kappa shape index (κ2) is 8.14. The summed E-state index contributed by atoms with van der Waals surface area (Å²) in [6.45, 7) is 6.45. The van der Waals surface area contributed by atoms with Crippen molar-refractivity contribution in [2.75, 3.05) is 51.0 Å². The van der Waals surface area contributed by atoms with Gasteiger partial charge < -0.3 is 20.3 Å². The summed E-state index contributed by atoms with van der Waals surface area (Å²) in [6, 6.07) is 1.95. The first-order chi connectivity index (χ1) is 10.2. The Morgan fingerprint density at radius 2 is 2.00 bits per heavy atom. The van der Waals surface area contributed by atoms with E-state index in [1.807, 2.05) is 20.0 Å². The van der Waals surface area contributed by atoms with E-state index in [-0.39, 0.29) is 0 Å². The number of hydrogen-bond donors (Lipinski definition) is 2. The molecule has 2 rings (SSSR count). The lowest BCUT2D eigenvalue weighted by Gasteiger charge is -2.29. The molecule has 0 saturated carbocycles. The molecule has 1 aliphatic rings. The first-order valence-corrected chi connectivity index (χ1v) is 7.77. The number of piperidine rings is 1. The van der Waals surface area contributed by atoms with Gasteiger partial charge in [0.05, 0.1) is 0 Å². The van der Waals surface area contributed by atoms with Crippen LogP contribution < -0.4 is 10.6 Å². The molecule has 0 aliphatic carbocycles. The summed E-state index contributed by atoms with van der Waals surface area (Å²) in [7, 11) is 4.06. The zero-order valence-corrected chi connectivity index (χ0v) is 13.4. The average molecular weight is 293 g/mol. The average Bonchev–Trinajstić information content (AvgIpc) is 2.52. The summed E-state index contributed by atoms with van der Waals surface area (Å²) >= 11 is 0. The molecule has 118 valence electrons. The van der Waals surface area contributed by atoms with E-state index in [0.29, 0.717) is 13.2 Å². The topological polar surface area (TPSA) is 62.3 Å². The molecule has 1 saturated heterocycles. The summed E-state index contributed by atoms with van der Waals surface area (Å²) in [4.78, 5) is 11.3. The Morgan fingerprint density at radius 1 is 1.29 bits per heavy atom. The van der Waals surface area contributed by atoms with Gasteiger partial charge in [-0.1, -0.05) is 0 Å². The van der Waals surface area contributed by atoms with Crippen LogP contribution in [0.15, 0.2) is 6.07 Å². The monoisotopic (exact) mass is 293 g/mol. The maximum absolute atomic E-state index is 5.39. The van der Waals surface area contributed by atoms with E-state index in [1.165, 1.54) is 25.9 Å². The summed E-state index contributed by atoms with van der Waals surface area (Å²) < 4.78 is 5.39. The van der Waals surface area contributed by atoms with E-state index in [9.17, 15) is 0 Å². The van der Waals surface area contributed by atoms with E-state index >= 15 is 0 Å². The van der Waals surface area contributed by atoms with Gasteiger partial charge in [0.1, 0.15) is 18.2 Å². The third-order valence-electron chi connectivity index (χ3n) is 3.87.